The van der Waals surface area contributed by atoms with Crippen LogP contribution in [0.5, 0.6) is 0 Å². The Morgan fingerprint density at radius 2 is 1.89 bits per heavy atom. The molecule has 1 saturated carbocycles. The van der Waals surface area contributed by atoms with Crippen molar-refractivity contribution in [3.8, 4) is 0 Å². The van der Waals surface area contributed by atoms with Gasteiger partial charge in [-0.1, -0.05) is 19.3 Å². The SMILES string of the molecule is CN(C1CCCCC1)S(=O)(=O)c1ccc(NC(=O)NCc2ccn[nH]2)cc1. The first-order chi connectivity index (χ1) is 13.0. The summed E-state index contributed by atoms with van der Waals surface area (Å²) in [5, 5.41) is 11.9. The maximum absolute atomic E-state index is 12.8. The zero-order valence-electron chi connectivity index (χ0n) is 15.3. The van der Waals surface area contributed by atoms with Crippen molar-refractivity contribution in [3.05, 3.63) is 42.2 Å². The minimum absolute atomic E-state index is 0.0646. The average molecular weight is 391 g/mol. The van der Waals surface area contributed by atoms with Crippen molar-refractivity contribution < 1.29 is 13.2 Å². The molecule has 8 nitrogen and oxygen atoms in total. The molecule has 9 heteroatoms. The number of carbonyl (C=O) groups is 1. The van der Waals surface area contributed by atoms with Crippen molar-refractivity contribution in [1.82, 2.24) is 19.8 Å². The van der Waals surface area contributed by atoms with Crippen molar-refractivity contribution in [1.29, 1.82) is 0 Å². The molecule has 0 bridgehead atoms. The molecule has 2 amide bonds. The molecule has 1 fully saturated rings. The molecule has 1 aromatic heterocycles. The Labute approximate surface area is 159 Å². The zero-order valence-corrected chi connectivity index (χ0v) is 16.1. The molecule has 146 valence electrons. The van der Waals surface area contributed by atoms with E-state index in [0.29, 0.717) is 12.2 Å². The molecule has 27 heavy (non-hydrogen) atoms. The van der Waals surface area contributed by atoms with Crippen LogP contribution in [-0.2, 0) is 16.6 Å². The van der Waals surface area contributed by atoms with Crippen LogP contribution >= 0.6 is 0 Å². The molecule has 1 heterocycles. The Hall–Kier alpha value is -2.39. The van der Waals surface area contributed by atoms with E-state index in [2.05, 4.69) is 20.8 Å². The van der Waals surface area contributed by atoms with Crippen molar-refractivity contribution in [2.45, 2.75) is 49.6 Å². The van der Waals surface area contributed by atoms with Crippen LogP contribution < -0.4 is 10.6 Å². The van der Waals surface area contributed by atoms with Crippen molar-refractivity contribution in [2.75, 3.05) is 12.4 Å². The molecule has 0 spiro atoms. The Balaban J connectivity index is 1.59. The van der Waals surface area contributed by atoms with Gasteiger partial charge in [0.05, 0.1) is 17.1 Å². The predicted molar refractivity (Wildman–Crippen MR) is 103 cm³/mol. The lowest BCUT2D eigenvalue weighted by atomic mass is 9.96. The number of hydrogen-bond acceptors (Lipinski definition) is 4. The van der Waals surface area contributed by atoms with Crippen LogP contribution in [0.15, 0.2) is 41.4 Å². The summed E-state index contributed by atoms with van der Waals surface area (Å²) in [7, 11) is -1.88. The van der Waals surface area contributed by atoms with Crippen LogP contribution in [0.25, 0.3) is 0 Å². The van der Waals surface area contributed by atoms with E-state index >= 15 is 0 Å². The van der Waals surface area contributed by atoms with E-state index < -0.39 is 10.0 Å². The molecule has 3 N–H and O–H groups in total. The van der Waals surface area contributed by atoms with Gasteiger partial charge in [-0.05, 0) is 43.2 Å². The first-order valence-electron chi connectivity index (χ1n) is 9.08. The van der Waals surface area contributed by atoms with Gasteiger partial charge in [0.1, 0.15) is 0 Å². The highest BCUT2D eigenvalue weighted by Crippen LogP contribution is 2.26. The standard InChI is InChI=1S/C18H25N5O3S/c1-23(16-5-3-2-4-6-16)27(25,26)17-9-7-14(8-10-17)21-18(24)19-13-15-11-12-20-22-15/h7-12,16H,2-6,13H2,1H3,(H,20,22)(H2,19,21,24). The van der Waals surface area contributed by atoms with E-state index in [1.165, 1.54) is 22.9 Å². The van der Waals surface area contributed by atoms with Gasteiger partial charge in [0.15, 0.2) is 0 Å². The summed E-state index contributed by atoms with van der Waals surface area (Å²) in [4.78, 5) is 12.2. The average Bonchev–Trinajstić information content (AvgIpc) is 3.20. The molecule has 0 aliphatic heterocycles. The second-order valence-electron chi connectivity index (χ2n) is 6.73. The summed E-state index contributed by atoms with van der Waals surface area (Å²) in [6.07, 6.45) is 6.74. The number of urea groups is 1. The fourth-order valence-electron chi connectivity index (χ4n) is 3.25. The fraction of sp³-hybridized carbons (Fsp3) is 0.444. The quantitative estimate of drug-likeness (QED) is 0.704. The van der Waals surface area contributed by atoms with Gasteiger partial charge in [0, 0.05) is 25.0 Å². The maximum Gasteiger partial charge on any atom is 0.319 e. The van der Waals surface area contributed by atoms with Crippen LogP contribution in [0.4, 0.5) is 10.5 Å². The molecule has 1 aliphatic rings. The molecular formula is C18H25N5O3S. The number of aromatic amines is 1. The van der Waals surface area contributed by atoms with Crippen LogP contribution in [0.3, 0.4) is 0 Å². The zero-order chi connectivity index (χ0) is 19.3. The number of benzene rings is 1. The highest BCUT2D eigenvalue weighted by molar-refractivity contribution is 7.89. The van der Waals surface area contributed by atoms with Crippen molar-refractivity contribution >= 4 is 21.7 Å². The van der Waals surface area contributed by atoms with Gasteiger partial charge in [-0.3, -0.25) is 5.10 Å². The number of rotatable bonds is 6. The number of nitrogens with zero attached hydrogens (tertiary/aromatic N) is 2. The van der Waals surface area contributed by atoms with E-state index in [1.807, 2.05) is 0 Å². The molecule has 0 atom stereocenters. The lowest BCUT2D eigenvalue weighted by Crippen LogP contribution is -2.38. The molecule has 0 radical (unpaired) electrons. The number of sulfonamides is 1. The van der Waals surface area contributed by atoms with E-state index in [-0.39, 0.29) is 17.0 Å². The van der Waals surface area contributed by atoms with Crippen LogP contribution in [0.2, 0.25) is 0 Å². The number of carbonyl (C=O) groups excluding carboxylic acids is 1. The highest BCUT2D eigenvalue weighted by Gasteiger charge is 2.28. The Morgan fingerprint density at radius 3 is 2.52 bits per heavy atom. The third-order valence-electron chi connectivity index (χ3n) is 4.88. The number of H-pyrrole nitrogens is 1. The maximum atomic E-state index is 12.8. The molecular weight excluding hydrogens is 366 g/mol. The number of nitrogens with one attached hydrogen (secondary N) is 3. The van der Waals surface area contributed by atoms with Crippen LogP contribution in [0, 0.1) is 0 Å². The van der Waals surface area contributed by atoms with Gasteiger partial charge in [-0.15, -0.1) is 0 Å². The Bertz CT molecular complexity index is 844. The van der Waals surface area contributed by atoms with E-state index in [1.54, 1.807) is 31.4 Å². The smallest absolute Gasteiger partial charge is 0.319 e. The third-order valence-corrected chi connectivity index (χ3v) is 6.80. The first kappa shape index (κ1) is 19.4. The topological polar surface area (TPSA) is 107 Å². The summed E-state index contributed by atoms with van der Waals surface area (Å²) in [5.41, 5.74) is 1.31. The minimum atomic E-state index is -3.53. The second-order valence-corrected chi connectivity index (χ2v) is 8.72. The summed E-state index contributed by atoms with van der Waals surface area (Å²) in [5.74, 6) is 0. The number of hydrogen-bond donors (Lipinski definition) is 3. The van der Waals surface area contributed by atoms with Gasteiger partial charge >= 0.3 is 6.03 Å². The summed E-state index contributed by atoms with van der Waals surface area (Å²) in [6.45, 7) is 0.324. The monoisotopic (exact) mass is 391 g/mol. The first-order valence-corrected chi connectivity index (χ1v) is 10.5. The Kier molecular flexibility index (Phi) is 6.12. The predicted octanol–water partition coefficient (Wildman–Crippen LogP) is 2.68. The Morgan fingerprint density at radius 1 is 1.19 bits per heavy atom. The van der Waals surface area contributed by atoms with E-state index in [4.69, 9.17) is 0 Å². The largest absolute Gasteiger partial charge is 0.332 e. The molecule has 3 rings (SSSR count). The van der Waals surface area contributed by atoms with Gasteiger partial charge in [-0.25, -0.2) is 13.2 Å². The van der Waals surface area contributed by atoms with E-state index in [9.17, 15) is 13.2 Å². The van der Waals surface area contributed by atoms with E-state index in [0.717, 1.165) is 31.4 Å². The molecule has 0 saturated heterocycles. The highest BCUT2D eigenvalue weighted by atomic mass is 32.2. The molecule has 2 aromatic rings. The lowest BCUT2D eigenvalue weighted by molar-refractivity contribution is 0.251. The van der Waals surface area contributed by atoms with Gasteiger partial charge in [0.2, 0.25) is 10.0 Å². The van der Waals surface area contributed by atoms with Crippen LogP contribution in [-0.4, -0.2) is 42.0 Å². The molecule has 0 unspecified atom stereocenters. The molecule has 1 aromatic carbocycles. The lowest BCUT2D eigenvalue weighted by Gasteiger charge is -2.30. The summed E-state index contributed by atoms with van der Waals surface area (Å²) in [6, 6.07) is 7.70. The second kappa shape index (κ2) is 8.53. The summed E-state index contributed by atoms with van der Waals surface area (Å²) < 4.78 is 27.1. The van der Waals surface area contributed by atoms with Crippen molar-refractivity contribution in [2.24, 2.45) is 0 Å². The van der Waals surface area contributed by atoms with Crippen molar-refractivity contribution in [3.63, 3.8) is 0 Å². The molecule has 1 aliphatic carbocycles. The summed E-state index contributed by atoms with van der Waals surface area (Å²) >= 11 is 0. The van der Waals surface area contributed by atoms with Crippen LogP contribution in [0.1, 0.15) is 37.8 Å². The fourth-order valence-corrected chi connectivity index (χ4v) is 4.67. The number of amides is 2. The number of aromatic nitrogens is 2. The van der Waals surface area contributed by atoms with Gasteiger partial charge in [-0.2, -0.15) is 9.40 Å². The van der Waals surface area contributed by atoms with Gasteiger partial charge < -0.3 is 10.6 Å². The minimum Gasteiger partial charge on any atom is -0.332 e. The van der Waals surface area contributed by atoms with Gasteiger partial charge in [0.25, 0.3) is 0 Å². The third kappa shape index (κ3) is 4.86. The number of anilines is 1. The normalized spacial score (nSPS) is 15.6.